The van der Waals surface area contributed by atoms with Gasteiger partial charge in [-0.2, -0.15) is 0 Å². The van der Waals surface area contributed by atoms with E-state index in [-0.39, 0.29) is 24.4 Å². The third-order valence-electron chi connectivity index (χ3n) is 4.79. The second kappa shape index (κ2) is 7.10. The van der Waals surface area contributed by atoms with E-state index in [0.717, 1.165) is 32.1 Å². The SMILES string of the molecule is O=C(Nc1ccc(Cl)c(Cl)c1)N1CC(S(=O)(=O)C2CCCCC2)C1. The lowest BCUT2D eigenvalue weighted by molar-refractivity contribution is 0.182. The summed E-state index contributed by atoms with van der Waals surface area (Å²) >= 11 is 11.8. The van der Waals surface area contributed by atoms with Crippen LogP contribution in [-0.4, -0.2) is 42.9 Å². The van der Waals surface area contributed by atoms with Crippen LogP contribution in [0.15, 0.2) is 18.2 Å². The van der Waals surface area contributed by atoms with Gasteiger partial charge in [0.25, 0.3) is 0 Å². The lowest BCUT2D eigenvalue weighted by atomic mass is 10.0. The van der Waals surface area contributed by atoms with Crippen molar-refractivity contribution in [2.75, 3.05) is 18.4 Å². The van der Waals surface area contributed by atoms with Crippen LogP contribution in [-0.2, 0) is 9.84 Å². The van der Waals surface area contributed by atoms with E-state index in [1.807, 2.05) is 0 Å². The average Bonchev–Trinajstić information content (AvgIpc) is 2.50. The molecule has 1 N–H and O–H groups in total. The standard InChI is InChI=1S/C16H20Cl2N2O3S/c17-14-7-6-11(8-15(14)18)19-16(21)20-9-13(10-20)24(22,23)12-4-2-1-3-5-12/h6-8,12-13H,1-5,9-10H2,(H,19,21). The van der Waals surface area contributed by atoms with Crippen LogP contribution >= 0.6 is 23.2 Å². The predicted molar refractivity (Wildman–Crippen MR) is 96.6 cm³/mol. The third kappa shape index (κ3) is 3.65. The van der Waals surface area contributed by atoms with Gasteiger partial charge in [-0.3, -0.25) is 0 Å². The van der Waals surface area contributed by atoms with Crippen molar-refractivity contribution in [3.8, 4) is 0 Å². The molecule has 1 aliphatic carbocycles. The van der Waals surface area contributed by atoms with Crippen molar-refractivity contribution in [3.63, 3.8) is 0 Å². The second-order valence-electron chi connectivity index (χ2n) is 6.44. The molecule has 1 saturated heterocycles. The maximum atomic E-state index is 12.6. The number of carbonyl (C=O) groups excluding carboxylic acids is 1. The monoisotopic (exact) mass is 390 g/mol. The van der Waals surface area contributed by atoms with Crippen LogP contribution < -0.4 is 5.32 Å². The van der Waals surface area contributed by atoms with Gasteiger partial charge in [0.1, 0.15) is 0 Å². The summed E-state index contributed by atoms with van der Waals surface area (Å²) < 4.78 is 25.2. The Labute approximate surface area is 152 Å². The van der Waals surface area contributed by atoms with Gasteiger partial charge in [0.2, 0.25) is 0 Å². The Kier molecular flexibility index (Phi) is 5.27. The molecule has 8 heteroatoms. The highest BCUT2D eigenvalue weighted by atomic mass is 35.5. The van der Waals surface area contributed by atoms with Gasteiger partial charge in [-0.25, -0.2) is 13.2 Å². The van der Waals surface area contributed by atoms with E-state index in [2.05, 4.69) is 5.32 Å². The largest absolute Gasteiger partial charge is 0.322 e. The van der Waals surface area contributed by atoms with Crippen molar-refractivity contribution in [2.24, 2.45) is 0 Å². The zero-order chi connectivity index (χ0) is 17.3. The summed E-state index contributed by atoms with van der Waals surface area (Å²) in [5.41, 5.74) is 0.535. The van der Waals surface area contributed by atoms with Gasteiger partial charge in [0.05, 0.1) is 20.5 Å². The molecule has 24 heavy (non-hydrogen) atoms. The normalized spacial score (nSPS) is 19.8. The number of likely N-dealkylation sites (tertiary alicyclic amines) is 1. The van der Waals surface area contributed by atoms with Gasteiger partial charge in [-0.05, 0) is 31.0 Å². The fourth-order valence-corrected chi connectivity index (χ4v) is 5.86. The van der Waals surface area contributed by atoms with Crippen LogP contribution in [0.5, 0.6) is 0 Å². The average molecular weight is 391 g/mol. The van der Waals surface area contributed by atoms with Crippen molar-refractivity contribution < 1.29 is 13.2 Å². The molecule has 2 aliphatic rings. The van der Waals surface area contributed by atoms with Gasteiger partial charge < -0.3 is 10.2 Å². The Morgan fingerprint density at radius 3 is 2.33 bits per heavy atom. The number of carbonyl (C=O) groups is 1. The van der Waals surface area contributed by atoms with Crippen molar-refractivity contribution in [1.29, 1.82) is 0 Å². The minimum atomic E-state index is -3.14. The van der Waals surface area contributed by atoms with Crippen molar-refractivity contribution in [3.05, 3.63) is 28.2 Å². The van der Waals surface area contributed by atoms with Gasteiger partial charge >= 0.3 is 6.03 Å². The lowest BCUT2D eigenvalue weighted by Gasteiger charge is -2.40. The Bertz CT molecular complexity index is 727. The molecule has 2 amide bonds. The first-order valence-electron chi connectivity index (χ1n) is 8.11. The molecule has 1 heterocycles. The zero-order valence-corrected chi connectivity index (χ0v) is 15.5. The summed E-state index contributed by atoms with van der Waals surface area (Å²) in [5, 5.41) is 2.83. The van der Waals surface area contributed by atoms with E-state index in [0.29, 0.717) is 15.7 Å². The van der Waals surface area contributed by atoms with Crippen LogP contribution in [0, 0.1) is 0 Å². The molecular weight excluding hydrogens is 371 g/mol. The first kappa shape index (κ1) is 17.8. The highest BCUT2D eigenvalue weighted by Gasteiger charge is 2.43. The van der Waals surface area contributed by atoms with Gasteiger partial charge in [-0.1, -0.05) is 42.5 Å². The maximum Gasteiger partial charge on any atom is 0.321 e. The summed E-state index contributed by atoms with van der Waals surface area (Å²) in [4.78, 5) is 13.7. The first-order valence-corrected chi connectivity index (χ1v) is 10.5. The van der Waals surface area contributed by atoms with Gasteiger partial charge in [-0.15, -0.1) is 0 Å². The van der Waals surface area contributed by atoms with Crippen molar-refractivity contribution in [2.45, 2.75) is 42.6 Å². The zero-order valence-electron chi connectivity index (χ0n) is 13.2. The van der Waals surface area contributed by atoms with Crippen molar-refractivity contribution >= 4 is 44.8 Å². The predicted octanol–water partition coefficient (Wildman–Crippen LogP) is 3.96. The Morgan fingerprint density at radius 2 is 1.71 bits per heavy atom. The number of benzene rings is 1. The molecule has 2 fully saturated rings. The van der Waals surface area contributed by atoms with Crippen LogP contribution in [0.4, 0.5) is 10.5 Å². The Morgan fingerprint density at radius 1 is 1.04 bits per heavy atom. The Balaban J connectivity index is 1.55. The molecule has 0 aromatic heterocycles. The number of amides is 2. The number of rotatable bonds is 3. The minimum Gasteiger partial charge on any atom is -0.322 e. The molecule has 1 aromatic carbocycles. The van der Waals surface area contributed by atoms with Crippen LogP contribution in [0.1, 0.15) is 32.1 Å². The second-order valence-corrected chi connectivity index (χ2v) is 9.76. The molecule has 5 nitrogen and oxygen atoms in total. The maximum absolute atomic E-state index is 12.6. The van der Waals surface area contributed by atoms with Crippen LogP contribution in [0.2, 0.25) is 10.0 Å². The summed E-state index contributed by atoms with van der Waals surface area (Å²) in [6, 6.07) is 4.51. The van der Waals surface area contributed by atoms with Gasteiger partial charge in [0, 0.05) is 18.8 Å². The third-order valence-corrected chi connectivity index (χ3v) is 8.15. The molecule has 0 unspecified atom stereocenters. The highest BCUT2D eigenvalue weighted by Crippen LogP contribution is 2.30. The summed E-state index contributed by atoms with van der Waals surface area (Å²) in [6.07, 6.45) is 4.60. The fourth-order valence-electron chi connectivity index (χ4n) is 3.25. The lowest BCUT2D eigenvalue weighted by Crippen LogP contribution is -2.59. The summed E-state index contributed by atoms with van der Waals surface area (Å²) in [6.45, 7) is 0.512. The quantitative estimate of drug-likeness (QED) is 0.848. The van der Waals surface area contributed by atoms with Crippen LogP contribution in [0.3, 0.4) is 0 Å². The molecule has 0 atom stereocenters. The Hall–Kier alpha value is -0.980. The number of hydrogen-bond acceptors (Lipinski definition) is 3. The molecule has 3 rings (SSSR count). The molecule has 0 spiro atoms. The number of nitrogens with one attached hydrogen (secondary N) is 1. The molecule has 0 bridgehead atoms. The molecule has 1 saturated carbocycles. The smallest absolute Gasteiger partial charge is 0.321 e. The molecule has 0 radical (unpaired) electrons. The van der Waals surface area contributed by atoms with E-state index in [9.17, 15) is 13.2 Å². The minimum absolute atomic E-state index is 0.225. The number of urea groups is 1. The van der Waals surface area contributed by atoms with Crippen LogP contribution in [0.25, 0.3) is 0 Å². The number of halogens is 2. The van der Waals surface area contributed by atoms with E-state index in [1.54, 1.807) is 18.2 Å². The number of sulfone groups is 1. The van der Waals surface area contributed by atoms with E-state index < -0.39 is 15.1 Å². The molecule has 1 aliphatic heterocycles. The topological polar surface area (TPSA) is 66.5 Å². The van der Waals surface area contributed by atoms with E-state index in [4.69, 9.17) is 23.2 Å². The van der Waals surface area contributed by atoms with Gasteiger partial charge in [0.15, 0.2) is 9.84 Å². The molecular formula is C16H20Cl2N2O3S. The van der Waals surface area contributed by atoms with E-state index >= 15 is 0 Å². The molecule has 132 valence electrons. The summed E-state index contributed by atoms with van der Waals surface area (Å²) in [5.74, 6) is 0. The fraction of sp³-hybridized carbons (Fsp3) is 0.562. The van der Waals surface area contributed by atoms with Crippen molar-refractivity contribution in [1.82, 2.24) is 4.90 Å². The first-order chi connectivity index (χ1) is 11.4. The number of hydrogen-bond donors (Lipinski definition) is 1. The van der Waals surface area contributed by atoms with E-state index in [1.165, 1.54) is 4.90 Å². The number of anilines is 1. The number of nitrogens with zero attached hydrogens (tertiary/aromatic N) is 1. The molecule has 1 aromatic rings. The summed E-state index contributed by atoms with van der Waals surface area (Å²) in [7, 11) is -3.14. The highest BCUT2D eigenvalue weighted by molar-refractivity contribution is 7.92.